The topological polar surface area (TPSA) is 102 Å². The van der Waals surface area contributed by atoms with Gasteiger partial charge in [0, 0.05) is 12.1 Å². The maximum absolute atomic E-state index is 11.5. The van der Waals surface area contributed by atoms with Gasteiger partial charge in [0.25, 0.3) is 0 Å². The molecule has 7 heteroatoms. The van der Waals surface area contributed by atoms with E-state index in [1.54, 1.807) is 12.1 Å². The molecule has 0 N–H and O–H groups in total. The van der Waals surface area contributed by atoms with E-state index in [2.05, 4.69) is 0 Å². The van der Waals surface area contributed by atoms with E-state index in [1.165, 1.54) is 18.2 Å². The molecule has 1 aliphatic rings. The fourth-order valence-electron chi connectivity index (χ4n) is 2.54. The molecule has 1 aliphatic heterocycles. The minimum absolute atomic E-state index is 0.00846. The van der Waals surface area contributed by atoms with Crippen LogP contribution >= 0.6 is 0 Å². The average Bonchev–Trinajstić information content (AvgIpc) is 2.54. The molecule has 0 aliphatic carbocycles. The van der Waals surface area contributed by atoms with Gasteiger partial charge < -0.3 is 9.47 Å². The van der Waals surface area contributed by atoms with Gasteiger partial charge in [-0.1, -0.05) is 13.0 Å². The van der Waals surface area contributed by atoms with Crippen LogP contribution in [0.25, 0.3) is 0 Å². The van der Waals surface area contributed by atoms with Crippen molar-refractivity contribution in [2.24, 2.45) is 0 Å². The molecule has 0 fully saturated rings. The van der Waals surface area contributed by atoms with Crippen LogP contribution in [0.3, 0.4) is 0 Å². The van der Waals surface area contributed by atoms with Crippen molar-refractivity contribution in [2.45, 2.75) is 19.3 Å². The average molecular weight is 324 g/mol. The van der Waals surface area contributed by atoms with E-state index in [-0.39, 0.29) is 28.9 Å². The van der Waals surface area contributed by atoms with Crippen LogP contribution in [0.15, 0.2) is 36.4 Å². The smallest absolute Gasteiger partial charge is 0.312 e. The molecule has 7 nitrogen and oxygen atoms in total. The summed E-state index contributed by atoms with van der Waals surface area (Å²) in [5, 5.41) is 20.0. The first kappa shape index (κ1) is 15.5. The summed E-state index contributed by atoms with van der Waals surface area (Å²) in [6.45, 7) is 1.92. The van der Waals surface area contributed by atoms with E-state index in [0.29, 0.717) is 17.9 Å². The molecule has 3 rings (SSSR count). The quantitative estimate of drug-likeness (QED) is 0.369. The highest BCUT2D eigenvalue weighted by atomic mass is 16.6. The van der Waals surface area contributed by atoms with Crippen molar-refractivity contribution in [3.63, 3.8) is 0 Å². The predicted molar refractivity (Wildman–Crippen MR) is 83.0 cm³/mol. The Labute approximate surface area is 137 Å². The van der Waals surface area contributed by atoms with E-state index in [9.17, 15) is 14.9 Å². The van der Waals surface area contributed by atoms with Crippen LogP contribution in [0.2, 0.25) is 0 Å². The molecule has 0 spiro atoms. The Morgan fingerprint density at radius 2 is 2.12 bits per heavy atom. The molecular formula is C17H12N2O5. The fraction of sp³-hybridized carbons (Fsp3) is 0.176. The highest BCUT2D eigenvalue weighted by molar-refractivity contribution is 5.76. The molecule has 120 valence electrons. The van der Waals surface area contributed by atoms with Gasteiger partial charge in [-0.15, -0.1) is 0 Å². The second kappa shape index (κ2) is 6.01. The van der Waals surface area contributed by atoms with Crippen molar-refractivity contribution in [3.8, 4) is 23.3 Å². The number of nitrogens with zero attached hydrogens (tertiary/aromatic N) is 2. The Hall–Kier alpha value is -3.40. The molecule has 0 bridgehead atoms. The minimum atomic E-state index is -0.614. The number of carbonyl (C=O) groups excluding carboxylic acids is 1. The number of fused-ring (bicyclic) bond motifs is 1. The van der Waals surface area contributed by atoms with Gasteiger partial charge in [-0.3, -0.25) is 14.9 Å². The summed E-state index contributed by atoms with van der Waals surface area (Å²) in [5.41, 5.74) is 0.746. The number of nitriles is 1. The van der Waals surface area contributed by atoms with Crippen molar-refractivity contribution in [1.29, 1.82) is 5.26 Å². The first-order chi connectivity index (χ1) is 11.5. The van der Waals surface area contributed by atoms with Gasteiger partial charge in [-0.2, -0.15) is 5.26 Å². The molecule has 0 radical (unpaired) electrons. The molecule has 0 aromatic heterocycles. The number of ether oxygens (including phenoxy) is 2. The minimum Gasteiger partial charge on any atom is -0.450 e. The zero-order chi connectivity index (χ0) is 17.3. The van der Waals surface area contributed by atoms with Gasteiger partial charge in [-0.25, -0.2) is 0 Å². The third kappa shape index (κ3) is 2.90. The molecule has 0 amide bonds. The summed E-state index contributed by atoms with van der Waals surface area (Å²) in [6, 6.07) is 10.8. The van der Waals surface area contributed by atoms with Crippen LogP contribution in [-0.4, -0.2) is 10.9 Å². The summed E-state index contributed by atoms with van der Waals surface area (Å²) in [5.74, 6) is 0.432. The summed E-state index contributed by atoms with van der Waals surface area (Å²) in [4.78, 5) is 22.1. The predicted octanol–water partition coefficient (Wildman–Crippen LogP) is 3.67. The Morgan fingerprint density at radius 1 is 1.33 bits per heavy atom. The Kier molecular flexibility index (Phi) is 3.88. The van der Waals surface area contributed by atoms with Gasteiger partial charge in [0.1, 0.15) is 11.5 Å². The van der Waals surface area contributed by atoms with E-state index in [1.807, 2.05) is 13.0 Å². The van der Waals surface area contributed by atoms with Crippen molar-refractivity contribution in [2.75, 3.05) is 0 Å². The zero-order valence-corrected chi connectivity index (χ0v) is 12.7. The van der Waals surface area contributed by atoms with Crippen molar-refractivity contribution in [3.05, 3.63) is 57.6 Å². The normalized spacial score (nSPS) is 15.8. The number of hydrogen-bond acceptors (Lipinski definition) is 6. The largest absolute Gasteiger partial charge is 0.450 e. The summed E-state index contributed by atoms with van der Waals surface area (Å²) >= 11 is 0. The Balaban J connectivity index is 1.95. The molecule has 1 atom stereocenters. The second-order valence-corrected chi connectivity index (χ2v) is 5.43. The summed E-state index contributed by atoms with van der Waals surface area (Å²) in [7, 11) is 0. The maximum atomic E-state index is 11.5. The molecule has 0 saturated heterocycles. The van der Waals surface area contributed by atoms with E-state index in [0.717, 1.165) is 11.6 Å². The number of hydrogen-bond donors (Lipinski definition) is 0. The summed E-state index contributed by atoms with van der Waals surface area (Å²) in [6.07, 6.45) is 0.314. The van der Waals surface area contributed by atoms with Crippen LogP contribution in [0.4, 0.5) is 5.69 Å². The van der Waals surface area contributed by atoms with Crippen molar-refractivity contribution < 1.29 is 19.2 Å². The lowest BCUT2D eigenvalue weighted by atomic mass is 9.95. The van der Waals surface area contributed by atoms with Gasteiger partial charge in [0.15, 0.2) is 0 Å². The standard InChI is InChI=1S/C17H12N2O5/c1-10-6-17(20)24-16-8-12(3-4-13(10)16)23-15-5-2-11(9-18)7-14(15)19(21)22/h2-5,7-8,10H,6H2,1H3. The van der Waals surface area contributed by atoms with Crippen molar-refractivity contribution >= 4 is 11.7 Å². The molecule has 2 aromatic carbocycles. The SMILES string of the molecule is CC1CC(=O)Oc2cc(Oc3ccc(C#N)cc3[N+](=O)[O-])ccc21. The third-order valence-electron chi connectivity index (χ3n) is 3.73. The summed E-state index contributed by atoms with van der Waals surface area (Å²) < 4.78 is 10.8. The van der Waals surface area contributed by atoms with E-state index < -0.39 is 4.92 Å². The number of esters is 1. The molecule has 0 saturated carbocycles. The molecule has 24 heavy (non-hydrogen) atoms. The number of rotatable bonds is 3. The van der Waals surface area contributed by atoms with Crippen LogP contribution in [-0.2, 0) is 4.79 Å². The number of nitro benzene ring substituents is 1. The molecule has 1 unspecified atom stereocenters. The van der Waals surface area contributed by atoms with Gasteiger partial charge in [0.2, 0.25) is 5.75 Å². The number of nitro groups is 1. The van der Waals surface area contributed by atoms with Crippen LogP contribution in [0.1, 0.15) is 30.4 Å². The lowest BCUT2D eigenvalue weighted by Crippen LogP contribution is -2.18. The van der Waals surface area contributed by atoms with Gasteiger partial charge >= 0.3 is 11.7 Å². The van der Waals surface area contributed by atoms with Gasteiger partial charge in [0.05, 0.1) is 23.0 Å². The highest BCUT2D eigenvalue weighted by Gasteiger charge is 2.25. The Morgan fingerprint density at radius 3 is 2.83 bits per heavy atom. The number of carbonyl (C=O) groups is 1. The Bertz CT molecular complexity index is 885. The van der Waals surface area contributed by atoms with E-state index >= 15 is 0 Å². The van der Waals surface area contributed by atoms with Crippen molar-refractivity contribution in [1.82, 2.24) is 0 Å². The van der Waals surface area contributed by atoms with Crippen LogP contribution < -0.4 is 9.47 Å². The zero-order valence-electron chi connectivity index (χ0n) is 12.7. The van der Waals surface area contributed by atoms with Crippen LogP contribution in [0, 0.1) is 21.4 Å². The monoisotopic (exact) mass is 324 g/mol. The lowest BCUT2D eigenvalue weighted by molar-refractivity contribution is -0.385. The van der Waals surface area contributed by atoms with Crippen LogP contribution in [0.5, 0.6) is 17.2 Å². The molecular weight excluding hydrogens is 312 g/mol. The first-order valence-corrected chi connectivity index (χ1v) is 7.19. The maximum Gasteiger partial charge on any atom is 0.312 e. The van der Waals surface area contributed by atoms with E-state index in [4.69, 9.17) is 14.7 Å². The third-order valence-corrected chi connectivity index (χ3v) is 3.73. The second-order valence-electron chi connectivity index (χ2n) is 5.43. The fourth-order valence-corrected chi connectivity index (χ4v) is 2.54. The van der Waals surface area contributed by atoms with Gasteiger partial charge in [-0.05, 0) is 29.7 Å². The molecule has 2 aromatic rings. The highest BCUT2D eigenvalue weighted by Crippen LogP contribution is 2.39. The number of benzene rings is 2. The molecule has 1 heterocycles. The lowest BCUT2D eigenvalue weighted by Gasteiger charge is -2.21. The first-order valence-electron chi connectivity index (χ1n) is 7.19.